The molecule has 0 aliphatic heterocycles. The van der Waals surface area contributed by atoms with E-state index < -0.39 is 22.3 Å². The first-order valence-electron chi connectivity index (χ1n) is 3.12. The summed E-state index contributed by atoms with van der Waals surface area (Å²) in [7, 11) is 0. The molecule has 0 bridgehead atoms. The molecule has 1 rings (SSSR count). The summed E-state index contributed by atoms with van der Waals surface area (Å²) in [5.74, 6) is -1.40. The lowest BCUT2D eigenvalue weighted by Gasteiger charge is -1.93. The maximum absolute atomic E-state index is 10.5. The standard InChI is InChI=1S/C6H4N2O4S/c9-6(10)5-3(8(11)12)1-2-4(13)7-5/h1-2H,(H2-,7,9,10,11,12,13)/p+1. The largest absolute Gasteiger partial charge is 0.476 e. The highest BCUT2D eigenvalue weighted by Gasteiger charge is 2.25. The molecule has 0 aromatic carbocycles. The van der Waals surface area contributed by atoms with Gasteiger partial charge in [0.25, 0.3) is 4.92 Å². The van der Waals surface area contributed by atoms with Crippen LogP contribution in [0.5, 0.6) is 0 Å². The number of hydrogen-bond acceptors (Lipinski definition) is 4. The van der Waals surface area contributed by atoms with E-state index in [1.807, 2.05) is 0 Å². The van der Waals surface area contributed by atoms with Crippen LogP contribution in [-0.4, -0.2) is 26.2 Å². The van der Waals surface area contributed by atoms with E-state index in [-0.39, 0.29) is 5.03 Å². The number of aromatic carboxylic acids is 1. The van der Waals surface area contributed by atoms with E-state index >= 15 is 0 Å². The molecule has 1 aromatic rings. The van der Waals surface area contributed by atoms with Crippen LogP contribution in [0.3, 0.4) is 0 Å². The zero-order valence-electron chi connectivity index (χ0n) is 6.21. The smallest absolute Gasteiger partial charge is 0.361 e. The molecule has 6 nitrogen and oxygen atoms in total. The fourth-order valence-electron chi connectivity index (χ4n) is 0.753. The summed E-state index contributed by atoms with van der Waals surface area (Å²) in [6.07, 6.45) is 0. The van der Waals surface area contributed by atoms with Gasteiger partial charge in [-0.2, -0.15) is 0 Å². The van der Waals surface area contributed by atoms with Gasteiger partial charge in [-0.1, -0.05) is 0 Å². The van der Waals surface area contributed by atoms with Crippen LogP contribution < -0.4 is 0 Å². The molecule has 1 heterocycles. The Morgan fingerprint density at radius 3 is 2.62 bits per heavy atom. The second-order valence-corrected chi connectivity index (χ2v) is 2.57. The molecule has 0 saturated heterocycles. The van der Waals surface area contributed by atoms with Crippen LogP contribution in [0.4, 0.5) is 5.69 Å². The quantitative estimate of drug-likeness (QED) is 0.487. The Morgan fingerprint density at radius 1 is 1.54 bits per heavy atom. The predicted molar refractivity (Wildman–Crippen MR) is 43.5 cm³/mol. The summed E-state index contributed by atoms with van der Waals surface area (Å²) in [5, 5.41) is 17.2. The molecular weight excluding hydrogens is 196 g/mol. The maximum Gasteiger partial charge on any atom is 0.361 e. The van der Waals surface area contributed by atoms with Crippen molar-refractivity contribution in [2.24, 2.45) is 0 Å². The third kappa shape index (κ3) is 1.94. The highest BCUT2D eigenvalue weighted by molar-refractivity contribution is 7.80. The second-order valence-electron chi connectivity index (χ2n) is 2.12. The molecule has 0 spiro atoms. The third-order valence-corrected chi connectivity index (χ3v) is 1.52. The molecule has 0 amide bonds. The average Bonchev–Trinajstić information content (AvgIpc) is 2.03. The number of aromatic nitrogens is 1. The van der Waals surface area contributed by atoms with Gasteiger partial charge in [0, 0.05) is 6.07 Å². The summed E-state index contributed by atoms with van der Waals surface area (Å²) in [6.45, 7) is 0. The molecule has 1 aromatic heterocycles. The first kappa shape index (κ1) is 9.46. The topological polar surface area (TPSA) is 90.5 Å². The average molecular weight is 201 g/mol. The minimum absolute atomic E-state index is 0.156. The van der Waals surface area contributed by atoms with Crippen molar-refractivity contribution in [1.29, 1.82) is 0 Å². The van der Waals surface area contributed by atoms with Gasteiger partial charge in [-0.25, -0.2) is 15.0 Å². The van der Waals surface area contributed by atoms with Crippen LogP contribution >= 0.6 is 12.6 Å². The fraction of sp³-hybridized carbons (Fsp3) is 0. The van der Waals surface area contributed by atoms with Gasteiger partial charge < -0.3 is 5.11 Å². The van der Waals surface area contributed by atoms with Gasteiger partial charge in [-0.3, -0.25) is 0 Å². The summed E-state index contributed by atoms with van der Waals surface area (Å²) in [5.41, 5.74) is -0.963. The van der Waals surface area contributed by atoms with Gasteiger partial charge in [0.05, 0.1) is 9.93 Å². The molecule has 0 saturated carbocycles. The monoisotopic (exact) mass is 201 g/mol. The summed E-state index contributed by atoms with van der Waals surface area (Å²) < 4.78 is 0. The van der Waals surface area contributed by atoms with Crippen molar-refractivity contribution in [3.63, 3.8) is 0 Å². The molecular formula is C6H5N2O4S+. The van der Waals surface area contributed by atoms with E-state index in [2.05, 4.69) is 17.6 Å². The van der Waals surface area contributed by atoms with Gasteiger partial charge in [0.2, 0.25) is 5.69 Å². The maximum atomic E-state index is 10.5. The number of pyridine rings is 1. The third-order valence-electron chi connectivity index (χ3n) is 1.27. The summed E-state index contributed by atoms with van der Waals surface area (Å²) >= 11 is 3.79. The molecule has 13 heavy (non-hydrogen) atoms. The number of carboxylic acids is 1. The lowest BCUT2D eigenvalue weighted by atomic mass is 10.3. The lowest BCUT2D eigenvalue weighted by Crippen LogP contribution is -2.06. The normalized spacial score (nSPS) is 9.62. The number of carboxylic acid groups (broad SMARTS) is 1. The van der Waals surface area contributed by atoms with E-state index in [1.54, 1.807) is 0 Å². The Kier molecular flexibility index (Phi) is 2.47. The fourth-order valence-corrected chi connectivity index (χ4v) is 0.928. The van der Waals surface area contributed by atoms with Gasteiger partial charge in [-0.15, -0.1) is 12.6 Å². The molecule has 0 atom stereocenters. The Balaban J connectivity index is 3.35. The van der Waals surface area contributed by atoms with Crippen LogP contribution in [0.2, 0.25) is 0 Å². The Labute approximate surface area is 77.8 Å². The van der Waals surface area contributed by atoms with Crippen molar-refractivity contribution in [2.45, 2.75) is 5.03 Å². The minimum Gasteiger partial charge on any atom is -0.476 e. The van der Waals surface area contributed by atoms with Gasteiger partial charge >= 0.3 is 11.7 Å². The molecule has 0 aliphatic carbocycles. The molecule has 0 aliphatic rings. The predicted octanol–water partition coefficient (Wildman–Crippen LogP) is 0.868. The highest BCUT2D eigenvalue weighted by Crippen LogP contribution is 2.17. The Morgan fingerprint density at radius 2 is 2.15 bits per heavy atom. The highest BCUT2D eigenvalue weighted by atomic mass is 32.1. The lowest BCUT2D eigenvalue weighted by molar-refractivity contribution is -0.730. The summed E-state index contributed by atoms with van der Waals surface area (Å²) in [4.78, 5) is 23.8. The first-order chi connectivity index (χ1) is 6.02. The second kappa shape index (κ2) is 3.40. The number of hydrogen-bond donors (Lipinski definition) is 3. The molecule has 7 heteroatoms. The van der Waals surface area contributed by atoms with Gasteiger partial charge in [0.1, 0.15) is 0 Å². The minimum atomic E-state index is -1.40. The Bertz CT molecular complexity index is 379. The molecule has 0 unspecified atom stereocenters. The van der Waals surface area contributed by atoms with Gasteiger partial charge in [0.15, 0.2) is 0 Å². The molecule has 0 fully saturated rings. The molecule has 2 N–H and O–H groups in total. The Hall–Kier alpha value is -1.63. The zero-order valence-corrected chi connectivity index (χ0v) is 7.10. The van der Waals surface area contributed by atoms with Crippen molar-refractivity contribution < 1.29 is 20.0 Å². The van der Waals surface area contributed by atoms with Crippen molar-refractivity contribution in [3.05, 3.63) is 22.7 Å². The van der Waals surface area contributed by atoms with Crippen molar-refractivity contribution in [3.8, 4) is 0 Å². The van der Waals surface area contributed by atoms with Crippen molar-refractivity contribution in [2.75, 3.05) is 0 Å². The first-order valence-corrected chi connectivity index (χ1v) is 3.56. The van der Waals surface area contributed by atoms with Crippen molar-refractivity contribution >= 4 is 24.3 Å². The van der Waals surface area contributed by atoms with Crippen LogP contribution in [-0.2, 0) is 0 Å². The van der Waals surface area contributed by atoms with Crippen LogP contribution in [0.1, 0.15) is 10.5 Å². The van der Waals surface area contributed by atoms with E-state index in [1.165, 1.54) is 6.07 Å². The van der Waals surface area contributed by atoms with E-state index in [0.717, 1.165) is 6.07 Å². The van der Waals surface area contributed by atoms with Gasteiger partial charge in [-0.05, 0) is 6.07 Å². The zero-order chi connectivity index (χ0) is 10.0. The van der Waals surface area contributed by atoms with E-state index in [0.29, 0.717) is 0 Å². The molecule has 0 radical (unpaired) electrons. The number of carbonyl (C=O) groups is 1. The summed E-state index contributed by atoms with van der Waals surface area (Å²) in [6, 6.07) is 2.41. The SMILES string of the molecule is O=C(O)c1nc(S)ccc1[N+](=O)O. The van der Waals surface area contributed by atoms with E-state index in [9.17, 15) is 9.70 Å². The van der Waals surface area contributed by atoms with Crippen molar-refractivity contribution in [1.82, 2.24) is 4.98 Å². The number of rotatable bonds is 2. The van der Waals surface area contributed by atoms with Crippen LogP contribution in [0, 0.1) is 4.91 Å². The van der Waals surface area contributed by atoms with Crippen LogP contribution in [0.25, 0.3) is 0 Å². The number of thiol groups is 1. The van der Waals surface area contributed by atoms with Crippen LogP contribution in [0.15, 0.2) is 17.2 Å². The number of nitrogens with zero attached hydrogens (tertiary/aromatic N) is 2. The molecule has 68 valence electrons. The van der Waals surface area contributed by atoms with E-state index in [4.69, 9.17) is 10.3 Å².